The molecule has 1 amide bonds. The zero-order valence-electron chi connectivity index (χ0n) is 16.5. The molecule has 3 aliphatic carbocycles. The van der Waals surface area contributed by atoms with E-state index in [0.29, 0.717) is 0 Å². The fraction of sp³-hybridized carbons (Fsp3) is 0.364. The van der Waals surface area contributed by atoms with Crippen LogP contribution in [0.2, 0.25) is 0 Å². The molecule has 0 aliphatic heterocycles. The molecule has 1 aromatic carbocycles. The van der Waals surface area contributed by atoms with Crippen molar-refractivity contribution in [1.29, 1.82) is 0 Å². The summed E-state index contributed by atoms with van der Waals surface area (Å²) in [6, 6.07) is 2.49. The minimum atomic E-state index is -2.71. The lowest BCUT2D eigenvalue weighted by molar-refractivity contribution is -0.175. The summed E-state index contributed by atoms with van der Waals surface area (Å²) >= 11 is 0. The molecule has 4 rings (SSSR count). The van der Waals surface area contributed by atoms with Gasteiger partial charge < -0.3 is 21.1 Å². The third kappa shape index (κ3) is 2.85. The first-order valence-electron chi connectivity index (χ1n) is 9.75. The molecule has 2 fully saturated rings. The number of benzene rings is 1. The number of carboxylic acid groups (broad SMARTS) is 1. The van der Waals surface area contributed by atoms with Gasteiger partial charge in [0.05, 0.1) is 11.5 Å². The first-order valence-corrected chi connectivity index (χ1v) is 9.75. The normalized spacial score (nSPS) is 31.0. The maximum absolute atomic E-state index is 13.3. The second kappa shape index (κ2) is 7.10. The van der Waals surface area contributed by atoms with Gasteiger partial charge in [0.25, 0.3) is 0 Å². The predicted octanol–water partition coefficient (Wildman–Crippen LogP) is -1.24. The van der Waals surface area contributed by atoms with Crippen molar-refractivity contribution in [3.63, 3.8) is 0 Å². The van der Waals surface area contributed by atoms with Crippen LogP contribution >= 0.6 is 0 Å². The second-order valence-corrected chi connectivity index (χ2v) is 8.28. The maximum atomic E-state index is 13.3. The molecule has 5 atom stereocenters. The average Bonchev–Trinajstić information content (AvgIpc) is 2.69. The Bertz CT molecular complexity index is 1200. The monoisotopic (exact) mass is 439 g/mol. The summed E-state index contributed by atoms with van der Waals surface area (Å²) < 4.78 is 0. The number of amides is 1. The number of rotatable bonds is 1. The van der Waals surface area contributed by atoms with Crippen LogP contribution in [0.4, 0.5) is 0 Å². The minimum absolute atomic E-state index is 0.0315. The number of phenols is 1. The quantitative estimate of drug-likeness (QED) is 0.306. The van der Waals surface area contributed by atoms with Crippen molar-refractivity contribution in [2.24, 2.45) is 29.4 Å². The van der Waals surface area contributed by atoms with E-state index in [9.17, 15) is 39.0 Å². The summed E-state index contributed by atoms with van der Waals surface area (Å²) in [6.45, 7) is 0. The van der Waals surface area contributed by atoms with E-state index in [1.807, 2.05) is 5.92 Å². The van der Waals surface area contributed by atoms with Crippen molar-refractivity contribution < 1.29 is 44.1 Å². The largest absolute Gasteiger partial charge is 0.507 e. The highest BCUT2D eigenvalue weighted by Crippen LogP contribution is 2.50. The number of hydrogen-bond acceptors (Lipinski definition) is 8. The van der Waals surface area contributed by atoms with E-state index in [0.717, 1.165) is 6.07 Å². The van der Waals surface area contributed by atoms with E-state index < -0.39 is 76.5 Å². The van der Waals surface area contributed by atoms with Crippen LogP contribution in [0, 0.1) is 35.5 Å². The van der Waals surface area contributed by atoms with Crippen LogP contribution in [0.1, 0.15) is 34.3 Å². The van der Waals surface area contributed by atoms with Gasteiger partial charge in [-0.1, -0.05) is 5.92 Å². The van der Waals surface area contributed by atoms with Crippen LogP contribution in [0.5, 0.6) is 5.75 Å². The van der Waals surface area contributed by atoms with Gasteiger partial charge in [-0.2, -0.15) is 0 Å². The maximum Gasteiger partial charge on any atom is 0.382 e. The molecule has 164 valence electrons. The fourth-order valence-electron chi connectivity index (χ4n) is 5.21. The average molecular weight is 439 g/mol. The molecule has 0 aromatic heterocycles. The Balaban J connectivity index is 1.82. The zero-order chi connectivity index (χ0) is 23.5. The summed E-state index contributed by atoms with van der Waals surface area (Å²) in [6.07, 6.45) is -0.455. The van der Waals surface area contributed by atoms with Crippen LogP contribution in [0.25, 0.3) is 0 Å². The SMILES string of the molecule is NC(=O)C1C(=O)C[C@@H]2C[C@@H]3Cc4c(C#CC(=O)O)ccc(O)c4C(=O)C3C(=O)[C@]2(O)C1=O. The lowest BCUT2D eigenvalue weighted by atomic mass is 9.53. The third-order valence-corrected chi connectivity index (χ3v) is 6.59. The number of nitrogens with two attached hydrogens (primary N) is 1. The van der Waals surface area contributed by atoms with Crippen molar-refractivity contribution in [1.82, 2.24) is 0 Å². The summed E-state index contributed by atoms with van der Waals surface area (Å²) in [5.74, 6) is -8.15. The van der Waals surface area contributed by atoms with Gasteiger partial charge in [0.2, 0.25) is 5.91 Å². The van der Waals surface area contributed by atoms with Crippen LogP contribution in [-0.2, 0) is 30.4 Å². The lowest BCUT2D eigenvalue weighted by Gasteiger charge is -2.48. The van der Waals surface area contributed by atoms with E-state index in [4.69, 9.17) is 10.8 Å². The summed E-state index contributed by atoms with van der Waals surface area (Å²) in [4.78, 5) is 74.1. The number of primary amides is 1. The Labute approximate surface area is 180 Å². The molecule has 2 saturated carbocycles. The van der Waals surface area contributed by atoms with E-state index in [1.54, 1.807) is 0 Å². The molecule has 10 nitrogen and oxygen atoms in total. The van der Waals surface area contributed by atoms with Gasteiger partial charge in [-0.05, 0) is 36.5 Å². The molecule has 0 bridgehead atoms. The number of aliphatic carboxylic acids is 1. The highest BCUT2D eigenvalue weighted by molar-refractivity contribution is 6.31. The molecule has 0 heterocycles. The Morgan fingerprint density at radius 2 is 1.78 bits per heavy atom. The highest BCUT2D eigenvalue weighted by Gasteiger charge is 2.66. The molecule has 10 heteroatoms. The van der Waals surface area contributed by atoms with Gasteiger partial charge >= 0.3 is 5.97 Å². The molecule has 5 N–H and O–H groups in total. The standard InChI is InChI=1S/C22H17NO9/c23-21(31)17-13(25)7-10-5-9-6-11-8(2-4-14(26)27)1-3-12(24)16(11)18(28)15(9)19(29)22(10,32)20(17)30/h1,3,9-10,15,17,24,32H,5-7H2,(H2,23,31)(H,26,27)/t9-,10+,15?,17?,22+/m1/s1. The number of carbonyl (C=O) groups excluding carboxylic acids is 5. The van der Waals surface area contributed by atoms with Crippen LogP contribution in [0.15, 0.2) is 12.1 Å². The molecule has 0 spiro atoms. The van der Waals surface area contributed by atoms with Gasteiger partial charge in [-0.3, -0.25) is 24.0 Å². The van der Waals surface area contributed by atoms with Crippen molar-refractivity contribution >= 4 is 35.0 Å². The topological polar surface area (TPSA) is 189 Å². The van der Waals surface area contributed by atoms with Crippen LogP contribution in [-0.4, -0.2) is 55.9 Å². The number of fused-ring (bicyclic) bond motifs is 3. The predicted molar refractivity (Wildman–Crippen MR) is 103 cm³/mol. The number of ketones is 4. The number of carboxylic acids is 1. The Hall–Kier alpha value is -3.84. The zero-order valence-corrected chi connectivity index (χ0v) is 16.5. The highest BCUT2D eigenvalue weighted by atomic mass is 16.4. The van der Waals surface area contributed by atoms with Crippen molar-refractivity contribution in [3.05, 3.63) is 28.8 Å². The molecule has 1 aromatic rings. The molecule has 0 saturated heterocycles. The number of carbonyl (C=O) groups is 6. The molecular formula is C22H17NO9. The first-order chi connectivity index (χ1) is 15.0. The second-order valence-electron chi connectivity index (χ2n) is 8.28. The fourth-order valence-corrected chi connectivity index (χ4v) is 5.21. The van der Waals surface area contributed by atoms with Crippen molar-refractivity contribution in [3.8, 4) is 17.6 Å². The third-order valence-electron chi connectivity index (χ3n) is 6.59. The Morgan fingerprint density at radius 1 is 1.09 bits per heavy atom. The van der Waals surface area contributed by atoms with E-state index in [2.05, 4.69) is 5.92 Å². The summed E-state index contributed by atoms with van der Waals surface area (Å²) in [5.41, 5.74) is 2.62. The molecule has 32 heavy (non-hydrogen) atoms. The molecule has 2 unspecified atom stereocenters. The minimum Gasteiger partial charge on any atom is -0.507 e. The van der Waals surface area contributed by atoms with Crippen molar-refractivity contribution in [2.45, 2.75) is 24.9 Å². The van der Waals surface area contributed by atoms with Crippen molar-refractivity contribution in [2.75, 3.05) is 0 Å². The summed E-state index contributed by atoms with van der Waals surface area (Å²) in [5, 5.41) is 30.2. The van der Waals surface area contributed by atoms with E-state index in [-0.39, 0.29) is 29.5 Å². The number of aromatic hydroxyl groups is 1. The number of phenolic OH excluding ortho intramolecular Hbond substituents is 1. The van der Waals surface area contributed by atoms with Crippen LogP contribution in [0.3, 0.4) is 0 Å². The first kappa shape index (κ1) is 21.4. The Kier molecular flexibility index (Phi) is 4.75. The van der Waals surface area contributed by atoms with E-state index >= 15 is 0 Å². The van der Waals surface area contributed by atoms with Gasteiger partial charge in [0, 0.05) is 23.8 Å². The van der Waals surface area contributed by atoms with Gasteiger partial charge in [0.15, 0.2) is 34.7 Å². The number of hydrogen-bond donors (Lipinski definition) is 4. The Morgan fingerprint density at radius 3 is 2.41 bits per heavy atom. The molecule has 0 radical (unpaired) electrons. The van der Waals surface area contributed by atoms with Gasteiger partial charge in [0.1, 0.15) is 5.75 Å². The molecule has 3 aliphatic rings. The number of Topliss-reactive ketones (excluding diaryl/α,β-unsaturated/α-hetero) is 4. The molecular weight excluding hydrogens is 422 g/mol. The smallest absolute Gasteiger partial charge is 0.382 e. The van der Waals surface area contributed by atoms with E-state index in [1.165, 1.54) is 6.07 Å². The van der Waals surface area contributed by atoms with Crippen LogP contribution < -0.4 is 5.73 Å². The number of aliphatic hydroxyl groups is 1. The summed E-state index contributed by atoms with van der Waals surface area (Å²) in [7, 11) is 0. The van der Waals surface area contributed by atoms with Gasteiger partial charge in [-0.25, -0.2) is 4.79 Å². The lowest BCUT2D eigenvalue weighted by Crippen LogP contribution is -2.68. The van der Waals surface area contributed by atoms with Gasteiger partial charge in [-0.15, -0.1) is 0 Å².